The molecule has 0 aromatic carbocycles. The van der Waals surface area contributed by atoms with Crippen molar-refractivity contribution in [3.8, 4) is 11.5 Å². The largest absolute Gasteiger partial charge is 0.387 e. The standard InChI is InChI=1S/C17H21N5O2/c1-21(2)11-17(24)6-8-22(12-17)16(23)13-9-19-15(20-10-13)14-5-3-4-7-18-14/h3-5,7,9-10,24H,6,8,11-12H2,1-2H3. The van der Waals surface area contributed by atoms with E-state index in [2.05, 4.69) is 15.0 Å². The van der Waals surface area contributed by atoms with E-state index in [1.165, 1.54) is 12.4 Å². The van der Waals surface area contributed by atoms with Crippen molar-refractivity contribution < 1.29 is 9.90 Å². The summed E-state index contributed by atoms with van der Waals surface area (Å²) in [5.74, 6) is 0.329. The fourth-order valence-corrected chi connectivity index (χ4v) is 3.00. The van der Waals surface area contributed by atoms with Crippen LogP contribution in [0.15, 0.2) is 36.8 Å². The van der Waals surface area contributed by atoms with Crippen LogP contribution in [0.2, 0.25) is 0 Å². The molecule has 2 aromatic heterocycles. The van der Waals surface area contributed by atoms with E-state index in [0.717, 1.165) is 0 Å². The third-order valence-corrected chi connectivity index (χ3v) is 4.02. The van der Waals surface area contributed by atoms with Crippen LogP contribution in [0.3, 0.4) is 0 Å². The average Bonchev–Trinajstić information content (AvgIpc) is 2.96. The number of likely N-dealkylation sites (N-methyl/N-ethyl adjacent to an activating group) is 1. The average molecular weight is 327 g/mol. The molecule has 3 heterocycles. The van der Waals surface area contributed by atoms with E-state index >= 15 is 0 Å². The van der Waals surface area contributed by atoms with E-state index in [4.69, 9.17) is 0 Å². The Morgan fingerprint density at radius 1 is 1.29 bits per heavy atom. The fraction of sp³-hybridized carbons (Fsp3) is 0.412. The molecule has 126 valence electrons. The molecule has 3 rings (SSSR count). The van der Waals surface area contributed by atoms with Crippen LogP contribution in [-0.4, -0.2) is 75.1 Å². The summed E-state index contributed by atoms with van der Waals surface area (Å²) >= 11 is 0. The maximum absolute atomic E-state index is 12.6. The summed E-state index contributed by atoms with van der Waals surface area (Å²) in [5.41, 5.74) is 0.232. The zero-order valence-corrected chi connectivity index (χ0v) is 13.9. The molecule has 1 unspecified atom stereocenters. The summed E-state index contributed by atoms with van der Waals surface area (Å²) in [4.78, 5) is 28.8. The van der Waals surface area contributed by atoms with Gasteiger partial charge in [0.1, 0.15) is 5.69 Å². The van der Waals surface area contributed by atoms with Crippen molar-refractivity contribution in [1.82, 2.24) is 24.8 Å². The molecule has 0 aliphatic carbocycles. The van der Waals surface area contributed by atoms with Gasteiger partial charge in [0.2, 0.25) is 0 Å². The molecular formula is C17H21N5O2. The molecule has 7 nitrogen and oxygen atoms in total. The van der Waals surface area contributed by atoms with Crippen molar-refractivity contribution in [2.45, 2.75) is 12.0 Å². The Hall–Kier alpha value is -2.38. The molecule has 1 N–H and O–H groups in total. The van der Waals surface area contributed by atoms with Crippen LogP contribution >= 0.6 is 0 Å². The number of hydrogen-bond acceptors (Lipinski definition) is 6. The molecule has 1 atom stereocenters. The minimum Gasteiger partial charge on any atom is -0.387 e. The number of rotatable bonds is 4. The normalized spacial score (nSPS) is 20.6. The van der Waals surface area contributed by atoms with Gasteiger partial charge in [-0.1, -0.05) is 6.07 Å². The number of aliphatic hydroxyl groups is 1. The molecule has 1 fully saturated rings. The highest BCUT2D eigenvalue weighted by molar-refractivity contribution is 5.94. The van der Waals surface area contributed by atoms with Gasteiger partial charge < -0.3 is 14.9 Å². The first kappa shape index (κ1) is 16.5. The Morgan fingerprint density at radius 2 is 2.04 bits per heavy atom. The van der Waals surface area contributed by atoms with Gasteiger partial charge in [-0.15, -0.1) is 0 Å². The van der Waals surface area contributed by atoms with Gasteiger partial charge in [0, 0.05) is 31.7 Å². The summed E-state index contributed by atoms with van der Waals surface area (Å²) in [5, 5.41) is 10.5. The molecule has 0 bridgehead atoms. The number of likely N-dealkylation sites (tertiary alicyclic amines) is 1. The first-order chi connectivity index (χ1) is 11.5. The van der Waals surface area contributed by atoms with E-state index in [9.17, 15) is 9.90 Å². The first-order valence-electron chi connectivity index (χ1n) is 7.87. The summed E-state index contributed by atoms with van der Waals surface area (Å²) in [6, 6.07) is 5.50. The number of hydrogen-bond donors (Lipinski definition) is 1. The highest BCUT2D eigenvalue weighted by Crippen LogP contribution is 2.23. The number of pyridine rings is 1. The van der Waals surface area contributed by atoms with Crippen molar-refractivity contribution >= 4 is 5.91 Å². The quantitative estimate of drug-likeness (QED) is 0.889. The topological polar surface area (TPSA) is 82.5 Å². The molecule has 1 aliphatic heterocycles. The van der Waals surface area contributed by atoms with Crippen molar-refractivity contribution in [3.63, 3.8) is 0 Å². The second kappa shape index (κ2) is 6.62. The Bertz CT molecular complexity index is 705. The Labute approximate surface area is 141 Å². The van der Waals surface area contributed by atoms with Gasteiger partial charge in [-0.3, -0.25) is 9.78 Å². The van der Waals surface area contributed by atoms with Gasteiger partial charge in [-0.05, 0) is 32.6 Å². The molecule has 24 heavy (non-hydrogen) atoms. The molecular weight excluding hydrogens is 306 g/mol. The van der Waals surface area contributed by atoms with Crippen LogP contribution in [0.25, 0.3) is 11.5 Å². The molecule has 1 amide bonds. The fourth-order valence-electron chi connectivity index (χ4n) is 3.00. The molecule has 1 saturated heterocycles. The van der Waals surface area contributed by atoms with Gasteiger partial charge in [0.05, 0.1) is 17.7 Å². The highest BCUT2D eigenvalue weighted by atomic mass is 16.3. The SMILES string of the molecule is CN(C)CC1(O)CCN(C(=O)c2cnc(-c3ccccn3)nc2)C1. The second-order valence-corrected chi connectivity index (χ2v) is 6.45. The maximum atomic E-state index is 12.6. The Kier molecular flexibility index (Phi) is 4.55. The number of carbonyl (C=O) groups excluding carboxylic acids is 1. The van der Waals surface area contributed by atoms with Crippen LogP contribution in [0, 0.1) is 0 Å². The van der Waals surface area contributed by atoms with Crippen molar-refractivity contribution in [3.05, 3.63) is 42.4 Å². The van der Waals surface area contributed by atoms with Gasteiger partial charge in [0.25, 0.3) is 5.91 Å². The van der Waals surface area contributed by atoms with E-state index in [-0.39, 0.29) is 5.91 Å². The molecule has 7 heteroatoms. The zero-order chi connectivity index (χ0) is 17.2. The lowest BCUT2D eigenvalue weighted by molar-refractivity contribution is 0.0236. The molecule has 0 saturated carbocycles. The van der Waals surface area contributed by atoms with Crippen LogP contribution in [0.4, 0.5) is 0 Å². The minimum absolute atomic E-state index is 0.155. The minimum atomic E-state index is -0.853. The number of β-amino-alcohol motifs (C(OH)–C–C–N with tert-alkyl or cyclic N) is 1. The van der Waals surface area contributed by atoms with Crippen molar-refractivity contribution in [1.29, 1.82) is 0 Å². The van der Waals surface area contributed by atoms with E-state index in [1.54, 1.807) is 11.1 Å². The van der Waals surface area contributed by atoms with Gasteiger partial charge in [-0.25, -0.2) is 9.97 Å². The molecule has 1 aliphatic rings. The number of amides is 1. The summed E-state index contributed by atoms with van der Waals surface area (Å²) in [6.45, 7) is 1.39. The summed E-state index contributed by atoms with van der Waals surface area (Å²) < 4.78 is 0. The number of aromatic nitrogens is 3. The number of nitrogens with zero attached hydrogens (tertiary/aromatic N) is 5. The molecule has 2 aromatic rings. The van der Waals surface area contributed by atoms with Gasteiger partial charge in [0.15, 0.2) is 5.82 Å². The molecule has 0 radical (unpaired) electrons. The second-order valence-electron chi connectivity index (χ2n) is 6.45. The van der Waals surface area contributed by atoms with E-state index in [0.29, 0.717) is 43.1 Å². The lowest BCUT2D eigenvalue weighted by atomic mass is 10.0. The first-order valence-corrected chi connectivity index (χ1v) is 7.87. The maximum Gasteiger partial charge on any atom is 0.257 e. The van der Waals surface area contributed by atoms with Crippen LogP contribution < -0.4 is 0 Å². The zero-order valence-electron chi connectivity index (χ0n) is 13.9. The smallest absolute Gasteiger partial charge is 0.257 e. The summed E-state index contributed by atoms with van der Waals surface area (Å²) in [6.07, 6.45) is 5.28. The predicted octanol–water partition coefficient (Wildman–Crippen LogP) is 0.677. The lowest BCUT2D eigenvalue weighted by Gasteiger charge is -2.26. The van der Waals surface area contributed by atoms with Crippen LogP contribution in [0.5, 0.6) is 0 Å². The van der Waals surface area contributed by atoms with E-state index in [1.807, 2.05) is 37.2 Å². The summed E-state index contributed by atoms with van der Waals surface area (Å²) in [7, 11) is 3.82. The van der Waals surface area contributed by atoms with Crippen LogP contribution in [0.1, 0.15) is 16.8 Å². The van der Waals surface area contributed by atoms with E-state index < -0.39 is 5.60 Å². The van der Waals surface area contributed by atoms with Crippen molar-refractivity contribution in [2.24, 2.45) is 0 Å². The monoisotopic (exact) mass is 327 g/mol. The lowest BCUT2D eigenvalue weighted by Crippen LogP contribution is -2.43. The predicted molar refractivity (Wildman–Crippen MR) is 89.3 cm³/mol. The third-order valence-electron chi connectivity index (χ3n) is 4.02. The molecule has 0 spiro atoms. The number of carbonyl (C=O) groups is 1. The van der Waals surface area contributed by atoms with Gasteiger partial charge in [-0.2, -0.15) is 0 Å². The van der Waals surface area contributed by atoms with Crippen molar-refractivity contribution in [2.75, 3.05) is 33.7 Å². The Morgan fingerprint density at radius 3 is 2.67 bits per heavy atom. The third kappa shape index (κ3) is 3.58. The highest BCUT2D eigenvalue weighted by Gasteiger charge is 2.38. The van der Waals surface area contributed by atoms with Crippen LogP contribution in [-0.2, 0) is 0 Å². The Balaban J connectivity index is 1.70. The van der Waals surface area contributed by atoms with Gasteiger partial charge >= 0.3 is 0 Å².